The van der Waals surface area contributed by atoms with E-state index in [0.717, 1.165) is 6.07 Å². The number of aromatic carboxylic acids is 1. The molecule has 0 aliphatic heterocycles. The minimum absolute atomic E-state index is 0.118. The molecule has 5 rings (SSSR count). The molecule has 1 atom stereocenters. The zero-order valence-corrected chi connectivity index (χ0v) is 30.1. The molecule has 0 aliphatic rings. The number of ketones is 2. The summed E-state index contributed by atoms with van der Waals surface area (Å²) in [6, 6.07) is 22.8. The van der Waals surface area contributed by atoms with Crippen LogP contribution in [0, 0.1) is 31.1 Å². The highest BCUT2D eigenvalue weighted by molar-refractivity contribution is 6.09. The summed E-state index contributed by atoms with van der Waals surface area (Å²) in [5.74, 6) is -5.56. The Bertz CT molecular complexity index is 2390. The number of phenolic OH excluding ortho intramolecular Hbond substituents is 1. The van der Waals surface area contributed by atoms with Gasteiger partial charge < -0.3 is 31.3 Å². The van der Waals surface area contributed by atoms with E-state index in [1.54, 1.807) is 42.6 Å². The van der Waals surface area contributed by atoms with Crippen molar-refractivity contribution in [2.75, 3.05) is 16.0 Å². The number of nitrogens with one attached hydrogen (secondary N) is 3. The fraction of sp³-hybridized carbons (Fsp3) is 0.143. The molecule has 5 aromatic rings. The summed E-state index contributed by atoms with van der Waals surface area (Å²) in [4.78, 5) is 80.0. The largest absolute Gasteiger partial charge is 0.507 e. The van der Waals surface area contributed by atoms with Crippen LogP contribution in [0.2, 0.25) is 0 Å². The molecule has 3 amide bonds. The number of carboxylic acid groups (broad SMARTS) is 1. The average molecular weight is 754 g/mol. The summed E-state index contributed by atoms with van der Waals surface area (Å²) < 4.78 is 0. The first kappa shape index (κ1) is 39.5. The number of aromatic nitrogens is 1. The summed E-state index contributed by atoms with van der Waals surface area (Å²) in [5.41, 5.74) is 2.19. The summed E-state index contributed by atoms with van der Waals surface area (Å²) in [6.45, 7) is 2.92. The molecule has 0 fully saturated rings. The number of benzene rings is 4. The molecule has 14 heteroatoms. The molecule has 282 valence electrons. The molecule has 4 aromatic carbocycles. The fourth-order valence-corrected chi connectivity index (χ4v) is 5.69. The predicted molar refractivity (Wildman–Crippen MR) is 205 cm³/mol. The van der Waals surface area contributed by atoms with Crippen LogP contribution in [0.4, 0.5) is 17.1 Å². The number of carboxylic acids is 1. The monoisotopic (exact) mass is 753 g/mol. The van der Waals surface area contributed by atoms with Crippen LogP contribution in [-0.4, -0.2) is 55.6 Å². The van der Waals surface area contributed by atoms with Gasteiger partial charge in [-0.2, -0.15) is 5.26 Å². The Kier molecular flexibility index (Phi) is 12.3. The third-order valence-electron chi connectivity index (χ3n) is 9.01. The number of phenols is 2. The second-order valence-electron chi connectivity index (χ2n) is 12.8. The minimum Gasteiger partial charge on any atom is -0.507 e. The molecule has 0 radical (unpaired) electrons. The van der Waals surface area contributed by atoms with E-state index in [2.05, 4.69) is 20.9 Å². The van der Waals surface area contributed by atoms with Gasteiger partial charge in [0.25, 0.3) is 11.8 Å². The number of nitrogens with zero attached hydrogens (tertiary/aromatic N) is 2. The van der Waals surface area contributed by atoms with Crippen molar-refractivity contribution in [3.8, 4) is 17.6 Å². The van der Waals surface area contributed by atoms with Crippen molar-refractivity contribution in [1.82, 2.24) is 4.98 Å². The van der Waals surface area contributed by atoms with Gasteiger partial charge in [-0.3, -0.25) is 29.0 Å². The van der Waals surface area contributed by atoms with Crippen LogP contribution in [0.25, 0.3) is 0 Å². The average Bonchev–Trinajstić information content (AvgIpc) is 3.19. The highest BCUT2D eigenvalue weighted by atomic mass is 16.4. The second kappa shape index (κ2) is 17.4. The minimum atomic E-state index is -1.34. The van der Waals surface area contributed by atoms with Gasteiger partial charge in [0, 0.05) is 76.5 Å². The van der Waals surface area contributed by atoms with Crippen molar-refractivity contribution in [3.63, 3.8) is 0 Å². The molecule has 0 saturated carbocycles. The highest BCUT2D eigenvalue weighted by Crippen LogP contribution is 2.32. The van der Waals surface area contributed by atoms with E-state index in [4.69, 9.17) is 0 Å². The maximum absolute atomic E-state index is 13.1. The van der Waals surface area contributed by atoms with E-state index in [1.165, 1.54) is 62.5 Å². The second-order valence-corrected chi connectivity index (χ2v) is 12.8. The Morgan fingerprint density at radius 2 is 1.29 bits per heavy atom. The first-order valence-electron chi connectivity index (χ1n) is 17.1. The number of hydrogen-bond donors (Lipinski definition) is 6. The molecule has 14 nitrogen and oxygen atoms in total. The van der Waals surface area contributed by atoms with Crippen LogP contribution in [0.3, 0.4) is 0 Å². The van der Waals surface area contributed by atoms with Gasteiger partial charge in [0.15, 0.2) is 11.6 Å². The number of carbonyl (C=O) groups excluding carboxylic acids is 5. The van der Waals surface area contributed by atoms with E-state index >= 15 is 0 Å². The lowest BCUT2D eigenvalue weighted by Gasteiger charge is -2.15. The van der Waals surface area contributed by atoms with Crippen molar-refractivity contribution in [2.24, 2.45) is 5.92 Å². The third-order valence-corrected chi connectivity index (χ3v) is 9.01. The number of Topliss-reactive ketones (excluding diaryl/α,β-unsaturated/α-hetero) is 2. The number of rotatable bonds is 14. The zero-order chi connectivity index (χ0) is 40.5. The fourth-order valence-electron chi connectivity index (χ4n) is 5.69. The number of pyridine rings is 1. The molecule has 1 unspecified atom stereocenters. The third kappa shape index (κ3) is 9.28. The molecule has 0 bridgehead atoms. The van der Waals surface area contributed by atoms with Gasteiger partial charge in [-0.15, -0.1) is 0 Å². The maximum Gasteiger partial charge on any atom is 0.339 e. The Balaban J connectivity index is 1.17. The van der Waals surface area contributed by atoms with Crippen LogP contribution in [0.15, 0.2) is 97.3 Å². The van der Waals surface area contributed by atoms with Gasteiger partial charge in [-0.25, -0.2) is 4.79 Å². The normalized spacial score (nSPS) is 11.1. The van der Waals surface area contributed by atoms with E-state index in [9.17, 15) is 49.3 Å². The van der Waals surface area contributed by atoms with Crippen LogP contribution in [-0.2, 0) is 11.2 Å². The lowest BCUT2D eigenvalue weighted by molar-refractivity contribution is -0.119. The molecule has 0 saturated heterocycles. The number of anilines is 3. The first-order chi connectivity index (χ1) is 26.8. The number of amides is 3. The Morgan fingerprint density at radius 3 is 1.88 bits per heavy atom. The number of carbonyl (C=O) groups is 6. The molecule has 56 heavy (non-hydrogen) atoms. The highest BCUT2D eigenvalue weighted by Gasteiger charge is 2.24. The summed E-state index contributed by atoms with van der Waals surface area (Å²) >= 11 is 0. The zero-order valence-electron chi connectivity index (χ0n) is 30.1. The van der Waals surface area contributed by atoms with Crippen molar-refractivity contribution in [1.29, 1.82) is 5.26 Å². The lowest BCUT2D eigenvalue weighted by Crippen LogP contribution is -2.25. The first-order valence-corrected chi connectivity index (χ1v) is 17.1. The quantitative estimate of drug-likeness (QED) is 0.0671. The van der Waals surface area contributed by atoms with E-state index < -0.39 is 41.1 Å². The lowest BCUT2D eigenvalue weighted by atomic mass is 9.94. The van der Waals surface area contributed by atoms with Crippen LogP contribution in [0.5, 0.6) is 11.5 Å². The molecule has 0 aliphatic carbocycles. The molecular formula is C42H35N5O9. The van der Waals surface area contributed by atoms with Crippen molar-refractivity contribution < 1.29 is 44.1 Å². The Labute approximate surface area is 320 Å². The van der Waals surface area contributed by atoms with E-state index in [0.29, 0.717) is 22.4 Å². The smallest absolute Gasteiger partial charge is 0.339 e. The topological polar surface area (TPSA) is 236 Å². The van der Waals surface area contributed by atoms with E-state index in [1.807, 2.05) is 6.07 Å². The standard InChI is InChI=1S/C42H35N5O9/c1-23-33(15-13-31(37(23)50)41(54)47-34-16-14-32(42(55)56)38(51)24(34)2)46-39(52)27-9-11-30(12-10-27)45-40(53)28(17-18-43)21-36(49)26-7-5-25(6-8-26)20-35(48)29-4-3-19-44-22-29/h3-16,19,22,28,50-51H,17,20-21H2,1-2H3,(H,45,53)(H,46,52)(H,47,54)(H,55,56). The maximum atomic E-state index is 13.1. The molecule has 6 N–H and O–H groups in total. The van der Waals surface area contributed by atoms with Gasteiger partial charge in [0.2, 0.25) is 5.91 Å². The van der Waals surface area contributed by atoms with Gasteiger partial charge >= 0.3 is 5.97 Å². The van der Waals surface area contributed by atoms with Crippen LogP contribution in [0.1, 0.15) is 81.3 Å². The molecule has 1 heterocycles. The number of nitriles is 1. The molecular weight excluding hydrogens is 718 g/mol. The predicted octanol–water partition coefficient (Wildman–Crippen LogP) is 6.48. The van der Waals surface area contributed by atoms with Gasteiger partial charge in [0.05, 0.1) is 17.6 Å². The van der Waals surface area contributed by atoms with Gasteiger partial charge in [0.1, 0.15) is 17.1 Å². The van der Waals surface area contributed by atoms with Crippen molar-refractivity contribution >= 4 is 52.3 Å². The molecule has 0 spiro atoms. The van der Waals surface area contributed by atoms with Crippen LogP contribution >= 0.6 is 0 Å². The van der Waals surface area contributed by atoms with Gasteiger partial charge in [-0.1, -0.05) is 24.3 Å². The summed E-state index contributed by atoms with van der Waals surface area (Å²) in [5, 5.41) is 47.4. The molecule has 1 aromatic heterocycles. The number of hydrogen-bond acceptors (Lipinski definition) is 10. The van der Waals surface area contributed by atoms with Crippen molar-refractivity contribution in [3.05, 3.63) is 142 Å². The SMILES string of the molecule is Cc1c(NC(=O)c2ccc(NC(=O)c3ccc(NC(=O)C(CC#N)CC(=O)c4ccc(CC(=O)c5cccnc5)cc4)cc3)c(C)c2O)ccc(C(=O)O)c1O. The summed E-state index contributed by atoms with van der Waals surface area (Å²) in [7, 11) is 0. The Morgan fingerprint density at radius 1 is 0.696 bits per heavy atom. The summed E-state index contributed by atoms with van der Waals surface area (Å²) in [6.07, 6.45) is 2.74. The Hall–Kier alpha value is -7.66. The van der Waals surface area contributed by atoms with E-state index in [-0.39, 0.29) is 70.0 Å². The van der Waals surface area contributed by atoms with Crippen molar-refractivity contribution in [2.45, 2.75) is 33.1 Å². The van der Waals surface area contributed by atoms with Crippen LogP contribution < -0.4 is 16.0 Å². The van der Waals surface area contributed by atoms with Gasteiger partial charge in [-0.05, 0) is 80.1 Å². The number of aromatic hydroxyl groups is 2.